The first-order valence-electron chi connectivity index (χ1n) is 10.7. The van der Waals surface area contributed by atoms with E-state index in [1.807, 2.05) is 69.4 Å². The summed E-state index contributed by atoms with van der Waals surface area (Å²) < 4.78 is 2.95. The van der Waals surface area contributed by atoms with E-state index >= 15 is 0 Å². The zero-order chi connectivity index (χ0) is 23.3. The molecule has 1 aromatic heterocycles. The maximum atomic E-state index is 13.6. The van der Waals surface area contributed by atoms with Crippen LogP contribution >= 0.6 is 35.3 Å². The van der Waals surface area contributed by atoms with Crippen molar-refractivity contribution in [2.45, 2.75) is 25.3 Å². The van der Waals surface area contributed by atoms with Gasteiger partial charge in [0, 0.05) is 30.7 Å². The van der Waals surface area contributed by atoms with E-state index in [4.69, 9.17) is 12.2 Å². The molecule has 5 rings (SSSR count). The number of rotatable bonds is 3. The van der Waals surface area contributed by atoms with Crippen LogP contribution in [0.4, 0.5) is 11.4 Å². The van der Waals surface area contributed by atoms with Gasteiger partial charge in [0.25, 0.3) is 11.5 Å². The van der Waals surface area contributed by atoms with Gasteiger partial charge in [0.15, 0.2) is 5.11 Å². The summed E-state index contributed by atoms with van der Waals surface area (Å²) in [7, 11) is 1.97. The minimum atomic E-state index is -0.179. The standard InChI is InChI=1S/C24H22N4O2S3/c1-4-26-21(30)19(23-25(3)16-13-9-10-14-17(16)32-23)33-22(26)18-20(29)27(5-2)24(31)28(18)15-11-7-6-8-12-15/h6-14H,4-5H2,1-3H3. The maximum absolute atomic E-state index is 13.6. The van der Waals surface area contributed by atoms with Crippen LogP contribution in [0.2, 0.25) is 0 Å². The third kappa shape index (κ3) is 3.34. The number of benzene rings is 2. The molecule has 0 atom stereocenters. The summed E-state index contributed by atoms with van der Waals surface area (Å²) >= 11 is 8.65. The van der Waals surface area contributed by atoms with Crippen molar-refractivity contribution >= 4 is 68.4 Å². The van der Waals surface area contributed by atoms with Crippen molar-refractivity contribution in [2.75, 3.05) is 23.4 Å². The van der Waals surface area contributed by atoms with Gasteiger partial charge in [0.2, 0.25) is 0 Å². The molecule has 33 heavy (non-hydrogen) atoms. The number of nitrogens with zero attached hydrogens (tertiary/aromatic N) is 4. The van der Waals surface area contributed by atoms with Crippen LogP contribution in [0.1, 0.15) is 13.8 Å². The van der Waals surface area contributed by atoms with Gasteiger partial charge in [0.1, 0.15) is 19.9 Å². The monoisotopic (exact) mass is 494 g/mol. The molecule has 168 valence electrons. The number of para-hydroxylation sites is 2. The van der Waals surface area contributed by atoms with Crippen LogP contribution < -0.4 is 24.6 Å². The van der Waals surface area contributed by atoms with Crippen molar-refractivity contribution in [3.8, 4) is 0 Å². The van der Waals surface area contributed by atoms with Gasteiger partial charge >= 0.3 is 0 Å². The van der Waals surface area contributed by atoms with Crippen molar-refractivity contribution in [3.63, 3.8) is 0 Å². The number of amides is 1. The van der Waals surface area contributed by atoms with Crippen LogP contribution in [-0.4, -0.2) is 34.1 Å². The van der Waals surface area contributed by atoms with E-state index in [9.17, 15) is 9.59 Å². The third-order valence-electron chi connectivity index (χ3n) is 5.76. The number of hydrogen-bond donors (Lipinski definition) is 0. The molecule has 0 saturated carbocycles. The van der Waals surface area contributed by atoms with Gasteiger partial charge in [-0.05, 0) is 50.3 Å². The molecule has 0 radical (unpaired) electrons. The molecule has 3 aromatic rings. The Hall–Kier alpha value is -2.88. The average molecular weight is 495 g/mol. The van der Waals surface area contributed by atoms with Crippen LogP contribution in [0.5, 0.6) is 0 Å². The van der Waals surface area contributed by atoms with Gasteiger partial charge in [0.05, 0.1) is 5.69 Å². The van der Waals surface area contributed by atoms with Crippen molar-refractivity contribution in [1.82, 2.24) is 9.47 Å². The molecule has 0 aliphatic carbocycles. The van der Waals surface area contributed by atoms with Crippen molar-refractivity contribution in [1.29, 1.82) is 0 Å². The number of fused-ring (bicyclic) bond motifs is 1. The summed E-state index contributed by atoms with van der Waals surface area (Å²) in [4.78, 5) is 33.6. The molecule has 0 unspecified atom stereocenters. The molecule has 9 heteroatoms. The Morgan fingerprint density at radius 1 is 0.939 bits per heavy atom. The lowest BCUT2D eigenvalue weighted by Crippen LogP contribution is -2.36. The van der Waals surface area contributed by atoms with Crippen molar-refractivity contribution in [2.24, 2.45) is 0 Å². The number of anilines is 2. The molecule has 1 saturated heterocycles. The Balaban J connectivity index is 1.82. The second-order valence-corrected chi connectivity index (χ2v) is 9.97. The smallest absolute Gasteiger partial charge is 0.280 e. The first-order valence-corrected chi connectivity index (χ1v) is 12.7. The van der Waals surface area contributed by atoms with E-state index in [1.54, 1.807) is 26.1 Å². The Labute approximate surface area is 205 Å². The van der Waals surface area contributed by atoms with E-state index in [0.29, 0.717) is 33.1 Å². The topological polar surface area (TPSA) is 48.8 Å². The Morgan fingerprint density at radius 2 is 1.64 bits per heavy atom. The normalized spacial score (nSPS) is 19.1. The number of carbonyl (C=O) groups excluding carboxylic acids is 1. The second-order valence-electron chi connectivity index (χ2n) is 7.57. The number of hydrogen-bond acceptors (Lipinski definition) is 6. The lowest BCUT2D eigenvalue weighted by atomic mass is 10.3. The SMILES string of the molecule is CCN1C(=O)C(=c2sc(=C3Sc4ccccc4N3C)c(=O)n2CC)N(c2ccccc2)C1=S. The molecule has 2 aliphatic rings. The lowest BCUT2D eigenvalue weighted by molar-refractivity contribution is -0.120. The van der Waals surface area contributed by atoms with E-state index in [1.165, 1.54) is 11.3 Å². The van der Waals surface area contributed by atoms with Gasteiger partial charge in [-0.1, -0.05) is 42.1 Å². The van der Waals surface area contributed by atoms with Crippen LogP contribution in [0.15, 0.2) is 64.3 Å². The molecule has 2 aliphatic heterocycles. The number of likely N-dealkylation sites (N-methyl/N-ethyl adjacent to an activating group) is 1. The highest BCUT2D eigenvalue weighted by Crippen LogP contribution is 2.45. The molecule has 0 N–H and O–H groups in total. The molecular formula is C24H22N4O2S3. The van der Waals surface area contributed by atoms with E-state index < -0.39 is 0 Å². The molecule has 3 heterocycles. The molecule has 0 spiro atoms. The molecule has 2 aromatic carbocycles. The number of carbonyl (C=O) groups is 1. The molecule has 0 bridgehead atoms. The van der Waals surface area contributed by atoms with E-state index in [2.05, 4.69) is 11.0 Å². The van der Waals surface area contributed by atoms with E-state index in [-0.39, 0.29) is 11.5 Å². The van der Waals surface area contributed by atoms with E-state index in [0.717, 1.165) is 21.3 Å². The maximum Gasteiger partial charge on any atom is 0.280 e. The van der Waals surface area contributed by atoms with Gasteiger partial charge in [-0.2, -0.15) is 0 Å². The largest absolute Gasteiger partial charge is 0.337 e. The first-order chi connectivity index (χ1) is 16.0. The Bertz CT molecular complexity index is 1460. The van der Waals surface area contributed by atoms with Gasteiger partial charge in [-0.25, -0.2) is 0 Å². The number of aromatic nitrogens is 1. The summed E-state index contributed by atoms with van der Waals surface area (Å²) in [6, 6.07) is 17.7. The van der Waals surface area contributed by atoms with Gasteiger partial charge in [-0.15, -0.1) is 11.3 Å². The molecule has 1 amide bonds. The van der Waals surface area contributed by atoms with Gasteiger partial charge in [-0.3, -0.25) is 24.0 Å². The number of thiazole rings is 1. The fraction of sp³-hybridized carbons (Fsp3) is 0.208. The predicted octanol–water partition coefficient (Wildman–Crippen LogP) is 3.00. The quantitative estimate of drug-likeness (QED) is 0.522. The van der Waals surface area contributed by atoms with Crippen LogP contribution in [0.25, 0.3) is 10.7 Å². The lowest BCUT2D eigenvalue weighted by Gasteiger charge is -2.19. The first kappa shape index (κ1) is 21.9. The Kier molecular flexibility index (Phi) is 5.64. The number of thiocarbonyl (C=S) groups is 1. The minimum Gasteiger partial charge on any atom is -0.337 e. The van der Waals surface area contributed by atoms with Crippen molar-refractivity contribution < 1.29 is 4.79 Å². The molecule has 1 fully saturated rings. The summed E-state index contributed by atoms with van der Waals surface area (Å²) in [5.74, 6) is -0.179. The molecule has 6 nitrogen and oxygen atoms in total. The zero-order valence-corrected chi connectivity index (χ0v) is 20.9. The summed E-state index contributed by atoms with van der Waals surface area (Å²) in [6.07, 6.45) is 0. The van der Waals surface area contributed by atoms with Crippen LogP contribution in [0, 0.1) is 0 Å². The highest BCUT2D eigenvalue weighted by atomic mass is 32.2. The Morgan fingerprint density at radius 3 is 2.30 bits per heavy atom. The number of thioether (sulfide) groups is 1. The van der Waals surface area contributed by atoms with Crippen LogP contribution in [-0.2, 0) is 11.3 Å². The fourth-order valence-electron chi connectivity index (χ4n) is 4.12. The highest BCUT2D eigenvalue weighted by molar-refractivity contribution is 8.08. The van der Waals surface area contributed by atoms with Crippen molar-refractivity contribution in [3.05, 3.63) is 74.1 Å². The summed E-state index contributed by atoms with van der Waals surface area (Å²) in [6.45, 7) is 4.75. The fourth-order valence-corrected chi connectivity index (χ4v) is 7.07. The second kappa shape index (κ2) is 8.48. The summed E-state index contributed by atoms with van der Waals surface area (Å²) in [5.41, 5.74) is 2.23. The highest BCUT2D eigenvalue weighted by Gasteiger charge is 2.40. The third-order valence-corrected chi connectivity index (χ3v) is 8.71. The molecular weight excluding hydrogens is 472 g/mol. The van der Waals surface area contributed by atoms with Crippen LogP contribution in [0.3, 0.4) is 0 Å². The average Bonchev–Trinajstić information content (AvgIpc) is 3.42. The zero-order valence-electron chi connectivity index (χ0n) is 18.4. The van der Waals surface area contributed by atoms with Gasteiger partial charge < -0.3 is 4.90 Å². The predicted molar refractivity (Wildman–Crippen MR) is 140 cm³/mol. The minimum absolute atomic E-state index is 0.0890. The summed E-state index contributed by atoms with van der Waals surface area (Å²) in [5, 5.41) is 1.31.